The minimum atomic E-state index is 0.0476. The zero-order valence-electron chi connectivity index (χ0n) is 19.6. The highest BCUT2D eigenvalue weighted by Crippen LogP contribution is 2.45. The Morgan fingerprint density at radius 2 is 1.65 bits per heavy atom. The van der Waals surface area contributed by atoms with E-state index in [9.17, 15) is 4.79 Å². The van der Waals surface area contributed by atoms with Crippen LogP contribution in [0.5, 0.6) is 0 Å². The molecule has 3 aliphatic heterocycles. The molecule has 1 N–H and O–H groups in total. The summed E-state index contributed by atoms with van der Waals surface area (Å²) >= 11 is 0. The predicted octanol–water partition coefficient (Wildman–Crippen LogP) is 4.37. The van der Waals surface area contributed by atoms with Crippen molar-refractivity contribution < 1.29 is 4.79 Å². The Labute approximate surface area is 201 Å². The van der Waals surface area contributed by atoms with Gasteiger partial charge in [-0.1, -0.05) is 66.7 Å². The van der Waals surface area contributed by atoms with E-state index < -0.39 is 0 Å². The number of Topliss-reactive ketones (excluding diaryl/α,β-unsaturated/α-hetero) is 1. The van der Waals surface area contributed by atoms with Gasteiger partial charge in [-0.2, -0.15) is 0 Å². The van der Waals surface area contributed by atoms with Crippen LogP contribution >= 0.6 is 0 Å². The molecule has 0 aliphatic carbocycles. The van der Waals surface area contributed by atoms with Crippen molar-refractivity contribution in [2.75, 3.05) is 45.1 Å². The molecule has 172 valence electrons. The van der Waals surface area contributed by atoms with E-state index in [0.717, 1.165) is 55.2 Å². The average molecular weight is 451 g/mol. The summed E-state index contributed by atoms with van der Waals surface area (Å²) in [5, 5.41) is 3.78. The van der Waals surface area contributed by atoms with E-state index in [2.05, 4.69) is 76.8 Å². The van der Waals surface area contributed by atoms with E-state index in [1.54, 1.807) is 0 Å². The molecule has 3 aliphatic rings. The van der Waals surface area contributed by atoms with E-state index in [0.29, 0.717) is 0 Å². The number of anilines is 1. The molecule has 0 spiro atoms. The van der Waals surface area contributed by atoms with E-state index >= 15 is 0 Å². The summed E-state index contributed by atoms with van der Waals surface area (Å²) in [5.41, 5.74) is 7.61. The van der Waals surface area contributed by atoms with Crippen LogP contribution < -0.4 is 5.32 Å². The number of benzene rings is 3. The predicted molar refractivity (Wildman–Crippen MR) is 137 cm³/mol. The van der Waals surface area contributed by atoms with Crippen LogP contribution in [0, 0.1) is 0 Å². The number of piperazine rings is 1. The summed E-state index contributed by atoms with van der Waals surface area (Å²) in [6, 6.07) is 25.7. The Kier molecular flexibility index (Phi) is 5.52. The molecule has 2 atom stereocenters. The Morgan fingerprint density at radius 1 is 0.882 bits per heavy atom. The summed E-state index contributed by atoms with van der Waals surface area (Å²) in [6.07, 6.45) is 0. The van der Waals surface area contributed by atoms with Crippen LogP contribution in [-0.2, 0) is 6.54 Å². The lowest BCUT2D eigenvalue weighted by atomic mass is 9.75. The molecule has 3 aromatic carbocycles. The maximum Gasteiger partial charge on any atom is 0.184 e. The third-order valence-corrected chi connectivity index (χ3v) is 7.45. The van der Waals surface area contributed by atoms with Gasteiger partial charge in [-0.15, -0.1) is 0 Å². The number of nitrogens with zero attached hydrogens (tertiary/aromatic N) is 3. The molecule has 6 rings (SSSR count). The fourth-order valence-electron chi connectivity index (χ4n) is 5.55. The summed E-state index contributed by atoms with van der Waals surface area (Å²) in [5.74, 6) is 0.146. The second-order valence-corrected chi connectivity index (χ2v) is 9.68. The molecule has 5 nitrogen and oxygen atoms in total. The molecule has 3 heterocycles. The second-order valence-electron chi connectivity index (χ2n) is 9.68. The summed E-state index contributed by atoms with van der Waals surface area (Å²) < 4.78 is 0. The molecule has 34 heavy (non-hydrogen) atoms. The number of hydrogen-bond acceptors (Lipinski definition) is 5. The van der Waals surface area contributed by atoms with Gasteiger partial charge in [-0.05, 0) is 29.8 Å². The third-order valence-electron chi connectivity index (χ3n) is 7.45. The van der Waals surface area contributed by atoms with E-state index in [1.165, 1.54) is 16.7 Å². The molecule has 0 aromatic heterocycles. The van der Waals surface area contributed by atoms with Crippen molar-refractivity contribution in [1.82, 2.24) is 9.80 Å². The minimum absolute atomic E-state index is 0.0476. The quantitative estimate of drug-likeness (QED) is 0.641. The maximum absolute atomic E-state index is 12.6. The normalized spacial score (nSPS) is 22.6. The van der Waals surface area contributed by atoms with Crippen molar-refractivity contribution >= 4 is 17.2 Å². The number of carbonyl (C=O) groups is 1. The molecule has 1 fully saturated rings. The molecular formula is C29H30N4O. The van der Waals surface area contributed by atoms with Gasteiger partial charge in [0.25, 0.3) is 0 Å². The summed E-state index contributed by atoms with van der Waals surface area (Å²) in [6.45, 7) is 5.73. The molecular weight excluding hydrogens is 420 g/mol. The first-order valence-corrected chi connectivity index (χ1v) is 12.2. The topological polar surface area (TPSA) is 47.9 Å². The van der Waals surface area contributed by atoms with Crippen molar-refractivity contribution in [3.63, 3.8) is 0 Å². The van der Waals surface area contributed by atoms with Crippen LogP contribution in [-0.4, -0.2) is 61.1 Å². The lowest BCUT2D eigenvalue weighted by Gasteiger charge is -2.38. The van der Waals surface area contributed by atoms with Crippen LogP contribution in [0.4, 0.5) is 5.69 Å². The largest absolute Gasteiger partial charge is 0.377 e. The highest BCUT2D eigenvalue weighted by atomic mass is 16.1. The number of nitrogens with one attached hydrogen (secondary N) is 1. The first-order chi connectivity index (χ1) is 16.7. The maximum atomic E-state index is 12.6. The fraction of sp³-hybridized carbons (Fsp3) is 0.310. The Hall–Kier alpha value is -3.28. The van der Waals surface area contributed by atoms with Crippen LogP contribution in [0.25, 0.3) is 0 Å². The highest BCUT2D eigenvalue weighted by Gasteiger charge is 2.39. The lowest BCUT2D eigenvalue weighted by Crippen LogP contribution is -2.43. The minimum Gasteiger partial charge on any atom is -0.377 e. The number of likely N-dealkylation sites (N-methyl/N-ethyl adjacent to an activating group) is 1. The fourth-order valence-corrected chi connectivity index (χ4v) is 5.55. The third kappa shape index (κ3) is 3.85. The number of aliphatic imine (C=N–C) groups is 1. The zero-order chi connectivity index (χ0) is 23.1. The van der Waals surface area contributed by atoms with E-state index in [4.69, 9.17) is 4.99 Å². The van der Waals surface area contributed by atoms with Crippen LogP contribution in [0.3, 0.4) is 0 Å². The number of hydrogen-bond donors (Lipinski definition) is 1. The summed E-state index contributed by atoms with van der Waals surface area (Å²) in [7, 11) is 2.19. The van der Waals surface area contributed by atoms with Gasteiger partial charge in [-0.25, -0.2) is 0 Å². The van der Waals surface area contributed by atoms with Crippen molar-refractivity contribution in [2.24, 2.45) is 4.99 Å². The smallest absolute Gasteiger partial charge is 0.184 e. The molecule has 0 amide bonds. The highest BCUT2D eigenvalue weighted by molar-refractivity contribution is 6.21. The van der Waals surface area contributed by atoms with Gasteiger partial charge >= 0.3 is 0 Å². The molecule has 3 aromatic rings. The number of carbonyl (C=O) groups excluding carboxylic acids is 1. The monoisotopic (exact) mass is 450 g/mol. The van der Waals surface area contributed by atoms with Gasteiger partial charge < -0.3 is 10.2 Å². The van der Waals surface area contributed by atoms with Gasteiger partial charge in [-0.3, -0.25) is 14.7 Å². The van der Waals surface area contributed by atoms with Crippen molar-refractivity contribution in [2.45, 2.75) is 18.5 Å². The number of ketones is 1. The molecule has 0 bridgehead atoms. The van der Waals surface area contributed by atoms with Gasteiger partial charge in [0.1, 0.15) is 6.54 Å². The molecule has 0 saturated carbocycles. The van der Waals surface area contributed by atoms with Crippen LogP contribution in [0.1, 0.15) is 44.6 Å². The Bertz CT molecular complexity index is 1230. The van der Waals surface area contributed by atoms with Gasteiger partial charge in [0.2, 0.25) is 0 Å². The molecule has 5 heteroatoms. The number of rotatable bonds is 4. The van der Waals surface area contributed by atoms with Gasteiger partial charge in [0, 0.05) is 49.5 Å². The van der Waals surface area contributed by atoms with Crippen molar-refractivity contribution in [3.8, 4) is 0 Å². The standard InChI is InChI=1S/C29H30N4O/c1-32-14-16-33(17-15-32)19-20-10-12-22(13-11-20)28-26(21-6-3-2-4-7-21)29-27-23(25(34)18-30-29)8-5-9-24(27)31-28/h2-13,26,28,31H,14-19H2,1H3. The Morgan fingerprint density at radius 3 is 2.41 bits per heavy atom. The van der Waals surface area contributed by atoms with Crippen LogP contribution in [0.2, 0.25) is 0 Å². The molecule has 2 unspecified atom stereocenters. The SMILES string of the molecule is CN1CCN(Cc2ccc(C3Nc4cccc5c4C(=NCC5=O)C3c3ccccc3)cc2)CC1. The van der Waals surface area contributed by atoms with E-state index in [1.807, 2.05) is 18.2 Å². The summed E-state index contributed by atoms with van der Waals surface area (Å²) in [4.78, 5) is 22.4. The van der Waals surface area contributed by atoms with Gasteiger partial charge in [0.15, 0.2) is 5.78 Å². The lowest BCUT2D eigenvalue weighted by molar-refractivity contribution is 0.1000. The van der Waals surface area contributed by atoms with Crippen LogP contribution in [0.15, 0.2) is 77.8 Å². The average Bonchev–Trinajstić information content (AvgIpc) is 2.88. The molecule has 1 saturated heterocycles. The zero-order valence-corrected chi connectivity index (χ0v) is 19.6. The van der Waals surface area contributed by atoms with Crippen molar-refractivity contribution in [1.29, 1.82) is 0 Å². The first kappa shape index (κ1) is 21.3. The van der Waals surface area contributed by atoms with Gasteiger partial charge in [0.05, 0.1) is 17.7 Å². The molecule has 0 radical (unpaired) electrons. The second kappa shape index (κ2) is 8.82. The Balaban J connectivity index is 1.35. The van der Waals surface area contributed by atoms with E-state index in [-0.39, 0.29) is 24.3 Å². The first-order valence-electron chi connectivity index (χ1n) is 12.2. The van der Waals surface area contributed by atoms with Crippen molar-refractivity contribution in [3.05, 3.63) is 101 Å².